The number of phosphoric ester groups is 1. The van der Waals surface area contributed by atoms with Crippen LogP contribution in [-0.4, -0.2) is 71.6 Å². The van der Waals surface area contributed by atoms with E-state index in [0.717, 1.165) is 27.3 Å². The lowest BCUT2D eigenvalue weighted by Crippen LogP contribution is -2.33. The number of nitro groups is 2. The maximum atomic E-state index is 14.3. The first-order chi connectivity index (χ1) is 26.0. The van der Waals surface area contributed by atoms with Crippen molar-refractivity contribution in [1.29, 1.82) is 0 Å². The van der Waals surface area contributed by atoms with E-state index in [0.29, 0.717) is 0 Å². The second-order valence-electron chi connectivity index (χ2n) is 12.0. The molecule has 3 N–H and O–H groups in total. The summed E-state index contributed by atoms with van der Waals surface area (Å²) in [5.41, 5.74) is 12.5. The second kappa shape index (κ2) is 16.6. The number of aliphatic hydroxyl groups excluding tert-OH is 1. The predicted octanol–water partition coefficient (Wildman–Crippen LogP) is 2.30. The number of hydrogen-bond donors (Lipinski definition) is 3. The fourth-order valence-corrected chi connectivity index (χ4v) is 6.97. The summed E-state index contributed by atoms with van der Waals surface area (Å²) in [6, 6.07) is 0.302. The van der Waals surface area contributed by atoms with Gasteiger partial charge in [0.05, 0.1) is 47.4 Å². The SMILES string of the molecule is Cc1cn([C@H]2C[C@H](N=[N+]=[N-])[C@@H](COP(=O)(OC[C@H]3O[C@@H](n4cc(C)c(=O)[nH]c4=O)C[C@@H]3N=[N+]=[N-])OC(O)c3c([N+](=O)[O-])cccc3[N+](=O)[O-])O2)c(=O)[nH]c1=O. The van der Waals surface area contributed by atoms with Crippen LogP contribution in [0.4, 0.5) is 11.4 Å². The average molecular weight is 793 g/mol. The van der Waals surface area contributed by atoms with Crippen molar-refractivity contribution in [3.63, 3.8) is 0 Å². The van der Waals surface area contributed by atoms with Crippen molar-refractivity contribution in [2.75, 3.05) is 13.2 Å². The number of nitro benzene ring substituents is 2. The van der Waals surface area contributed by atoms with Crippen molar-refractivity contribution in [2.24, 2.45) is 10.2 Å². The maximum Gasteiger partial charge on any atom is 0.477 e. The van der Waals surface area contributed by atoms with Crippen LogP contribution in [0.3, 0.4) is 0 Å². The van der Waals surface area contributed by atoms with Gasteiger partial charge in [0.15, 0.2) is 5.56 Å². The van der Waals surface area contributed by atoms with Crippen LogP contribution in [0.25, 0.3) is 20.9 Å². The molecule has 2 aliphatic rings. The minimum Gasteiger partial charge on any atom is -0.363 e. The van der Waals surface area contributed by atoms with Gasteiger partial charge in [-0.25, -0.2) is 14.2 Å². The van der Waals surface area contributed by atoms with Gasteiger partial charge in [0.25, 0.3) is 22.5 Å². The molecule has 1 unspecified atom stereocenters. The molecular formula is C27H29N12O15P. The van der Waals surface area contributed by atoms with Gasteiger partial charge in [-0.15, -0.1) is 0 Å². The van der Waals surface area contributed by atoms with Gasteiger partial charge in [0, 0.05) is 58.3 Å². The monoisotopic (exact) mass is 792 g/mol. The van der Waals surface area contributed by atoms with E-state index in [-0.39, 0.29) is 24.0 Å². The largest absolute Gasteiger partial charge is 0.477 e. The standard InChI is InChI=1S/C27H29N12O15P/c1-12-8-36(26(43)30-23(12)40)20-6-14(32-34-28)18(52-20)10-50-55(49,54-25(42)22-16(38(45)46)4-3-5-17(22)39(47)48)51-11-19-15(33-35-29)7-21(53-19)37-9-13(2)24(41)31-27(37)44/h3-5,8-9,14-15,18-21,25,42H,6-7,10-11H2,1-2H3,(H,30,40,43)(H,31,41,44)/t14-,15-,18+,19+,20+,21+,25?/m0/s1. The summed E-state index contributed by atoms with van der Waals surface area (Å²) >= 11 is 0. The molecule has 5 rings (SSSR count). The Morgan fingerprint density at radius 3 is 1.69 bits per heavy atom. The Bertz CT molecular complexity index is 2230. The molecule has 3 aromatic rings. The van der Waals surface area contributed by atoms with Crippen LogP contribution in [0.2, 0.25) is 0 Å². The van der Waals surface area contributed by atoms with E-state index >= 15 is 0 Å². The van der Waals surface area contributed by atoms with Gasteiger partial charge in [-0.05, 0) is 31.0 Å². The molecule has 2 saturated heterocycles. The number of aromatic amines is 2. The maximum absolute atomic E-state index is 14.3. The quantitative estimate of drug-likeness (QED) is 0.0378. The Kier molecular flexibility index (Phi) is 12.1. The zero-order valence-corrected chi connectivity index (χ0v) is 29.2. The van der Waals surface area contributed by atoms with Gasteiger partial charge < -0.3 is 14.6 Å². The molecule has 7 atom stereocenters. The van der Waals surface area contributed by atoms with E-state index in [2.05, 4.69) is 30.0 Å². The highest BCUT2D eigenvalue weighted by Crippen LogP contribution is 2.55. The molecule has 292 valence electrons. The molecule has 55 heavy (non-hydrogen) atoms. The highest BCUT2D eigenvalue weighted by molar-refractivity contribution is 7.48. The Labute approximate surface area is 304 Å². The molecule has 28 heteroatoms. The van der Waals surface area contributed by atoms with Crippen LogP contribution in [0.15, 0.2) is 60.0 Å². The number of benzene rings is 1. The summed E-state index contributed by atoms with van der Waals surface area (Å²) in [5, 5.41) is 41.8. The first-order valence-electron chi connectivity index (χ1n) is 15.8. The number of aliphatic hydroxyl groups is 1. The van der Waals surface area contributed by atoms with Crippen molar-refractivity contribution in [1.82, 2.24) is 19.1 Å². The average Bonchev–Trinajstić information content (AvgIpc) is 3.73. The summed E-state index contributed by atoms with van der Waals surface area (Å²) in [5.74, 6) is 0. The Morgan fingerprint density at radius 1 is 0.891 bits per heavy atom. The fraction of sp³-hybridized carbons (Fsp3) is 0.481. The molecule has 0 radical (unpaired) electrons. The lowest BCUT2D eigenvalue weighted by molar-refractivity contribution is -0.397. The van der Waals surface area contributed by atoms with Crippen molar-refractivity contribution < 1.29 is 42.6 Å². The molecule has 0 amide bonds. The van der Waals surface area contributed by atoms with Crippen LogP contribution in [-0.2, 0) is 27.6 Å². The summed E-state index contributed by atoms with van der Waals surface area (Å²) < 4.78 is 44.1. The van der Waals surface area contributed by atoms with Gasteiger partial charge >= 0.3 is 19.2 Å². The lowest BCUT2D eigenvalue weighted by Gasteiger charge is -2.25. The molecule has 0 aliphatic carbocycles. The molecule has 0 spiro atoms. The highest BCUT2D eigenvalue weighted by atomic mass is 31.2. The molecular weight excluding hydrogens is 763 g/mol. The highest BCUT2D eigenvalue weighted by Gasteiger charge is 2.44. The Hall–Kier alpha value is -6.01. The van der Waals surface area contributed by atoms with E-state index in [1.807, 2.05) is 0 Å². The number of rotatable bonds is 15. The number of nitrogens with one attached hydrogen (secondary N) is 2. The fourth-order valence-electron chi connectivity index (χ4n) is 5.76. The van der Waals surface area contributed by atoms with Gasteiger partial charge in [-0.1, -0.05) is 10.2 Å². The molecule has 2 aliphatic heterocycles. The number of nitrogens with zero attached hydrogens (tertiary/aromatic N) is 10. The zero-order valence-electron chi connectivity index (χ0n) is 28.3. The normalized spacial score (nSPS) is 23.6. The molecule has 1 aromatic carbocycles. The molecule has 2 aromatic heterocycles. The van der Waals surface area contributed by atoms with Crippen LogP contribution in [0.1, 0.15) is 48.3 Å². The predicted molar refractivity (Wildman–Crippen MR) is 180 cm³/mol. The van der Waals surface area contributed by atoms with Crippen LogP contribution < -0.4 is 22.5 Å². The van der Waals surface area contributed by atoms with Crippen LogP contribution in [0.5, 0.6) is 0 Å². The second-order valence-corrected chi connectivity index (χ2v) is 13.6. The molecule has 27 nitrogen and oxygen atoms in total. The van der Waals surface area contributed by atoms with Crippen molar-refractivity contribution in [3.05, 3.63) is 130 Å². The topological polar surface area (TPSA) is 377 Å². The van der Waals surface area contributed by atoms with Crippen molar-refractivity contribution in [2.45, 2.75) is 69.7 Å². The van der Waals surface area contributed by atoms with Gasteiger partial charge in [0.2, 0.25) is 6.29 Å². The molecule has 0 bridgehead atoms. The van der Waals surface area contributed by atoms with E-state index in [1.165, 1.54) is 26.2 Å². The van der Waals surface area contributed by atoms with E-state index in [4.69, 9.17) is 23.0 Å². The summed E-state index contributed by atoms with van der Waals surface area (Å²) in [4.78, 5) is 79.9. The Morgan fingerprint density at radius 2 is 1.31 bits per heavy atom. The number of hydrogen-bond acceptors (Lipinski definition) is 17. The first-order valence-corrected chi connectivity index (χ1v) is 17.2. The van der Waals surface area contributed by atoms with Crippen molar-refractivity contribution >= 4 is 19.2 Å². The van der Waals surface area contributed by atoms with Gasteiger partial charge in [-0.3, -0.25) is 62.5 Å². The Balaban J connectivity index is 1.45. The van der Waals surface area contributed by atoms with E-state index in [1.54, 1.807) is 0 Å². The summed E-state index contributed by atoms with van der Waals surface area (Å²) in [6.45, 7) is 1.10. The third-order valence-corrected chi connectivity index (χ3v) is 9.83. The smallest absolute Gasteiger partial charge is 0.363 e. The molecule has 4 heterocycles. The molecule has 0 saturated carbocycles. The summed E-state index contributed by atoms with van der Waals surface area (Å²) in [7, 11) is -5.32. The van der Waals surface area contributed by atoms with Crippen molar-refractivity contribution in [3.8, 4) is 0 Å². The third-order valence-electron chi connectivity index (χ3n) is 8.44. The molecule has 2 fully saturated rings. The summed E-state index contributed by atoms with van der Waals surface area (Å²) in [6.07, 6.45) is -5.70. The van der Waals surface area contributed by atoms with Crippen LogP contribution in [0, 0.1) is 34.1 Å². The number of phosphoric acid groups is 1. The van der Waals surface area contributed by atoms with E-state index in [9.17, 15) is 60.1 Å². The van der Waals surface area contributed by atoms with Gasteiger partial charge in [-0.2, -0.15) is 0 Å². The van der Waals surface area contributed by atoms with Gasteiger partial charge in [0.1, 0.15) is 12.5 Å². The minimum absolute atomic E-state index is 0.128. The lowest BCUT2D eigenvalue weighted by atomic mass is 10.1. The number of azide groups is 2. The minimum atomic E-state index is -5.32. The number of aryl methyl sites for hydroxylation is 2. The number of aromatic nitrogens is 4. The van der Waals surface area contributed by atoms with Crippen LogP contribution >= 0.6 is 7.82 Å². The zero-order chi connectivity index (χ0) is 40.2. The third kappa shape index (κ3) is 8.87. The first kappa shape index (κ1) is 40.2. The number of ether oxygens (including phenoxy) is 2. The van der Waals surface area contributed by atoms with E-state index < -0.39 is 113 Å². The number of H-pyrrole nitrogens is 2.